The largest absolute Gasteiger partial charge is 0.466 e. The Morgan fingerprint density at radius 3 is 1.32 bits per heavy atom. The molecule has 0 aliphatic heterocycles. The van der Waals surface area contributed by atoms with Crippen LogP contribution in [0.15, 0.2) is 121 Å². The molecule has 0 aliphatic carbocycles. The van der Waals surface area contributed by atoms with Crippen LogP contribution < -0.4 is 15.9 Å². The van der Waals surface area contributed by atoms with E-state index in [1.807, 2.05) is 72.8 Å². The van der Waals surface area contributed by atoms with E-state index in [0.29, 0.717) is 6.42 Å². The summed E-state index contributed by atoms with van der Waals surface area (Å²) in [6.07, 6.45) is 0.528. The van der Waals surface area contributed by atoms with Gasteiger partial charge < -0.3 is 4.74 Å². The SMILES string of the molecule is COC(=O)C(Cc1ccccc1)=P(c1ccccc1)(c1ccccc1)c1ccccc1. The van der Waals surface area contributed by atoms with E-state index in [9.17, 15) is 4.79 Å². The van der Waals surface area contributed by atoms with Crippen LogP contribution in [0.2, 0.25) is 0 Å². The predicted molar refractivity (Wildman–Crippen MR) is 132 cm³/mol. The van der Waals surface area contributed by atoms with Crippen molar-refractivity contribution >= 4 is 34.1 Å². The average molecular weight is 424 g/mol. The van der Waals surface area contributed by atoms with Crippen molar-refractivity contribution in [2.24, 2.45) is 0 Å². The maximum Gasteiger partial charge on any atom is 0.335 e. The van der Waals surface area contributed by atoms with Crippen LogP contribution in [0.5, 0.6) is 0 Å². The van der Waals surface area contributed by atoms with Crippen LogP contribution in [0.25, 0.3) is 0 Å². The molecule has 0 spiro atoms. The molecule has 4 rings (SSSR count). The maximum atomic E-state index is 13.5. The summed E-state index contributed by atoms with van der Waals surface area (Å²) in [7, 11) is 1.48. The Morgan fingerprint density at radius 1 is 0.613 bits per heavy atom. The van der Waals surface area contributed by atoms with Crippen molar-refractivity contribution < 1.29 is 9.53 Å². The van der Waals surface area contributed by atoms with Crippen LogP contribution in [0.4, 0.5) is 0 Å². The van der Waals surface area contributed by atoms with Crippen molar-refractivity contribution in [2.45, 2.75) is 6.42 Å². The maximum absolute atomic E-state index is 13.5. The minimum Gasteiger partial charge on any atom is -0.466 e. The van der Waals surface area contributed by atoms with E-state index in [1.54, 1.807) is 0 Å². The Hall–Kier alpha value is -3.35. The monoisotopic (exact) mass is 424 g/mol. The first kappa shape index (κ1) is 20.9. The third-order valence-corrected chi connectivity index (χ3v) is 9.84. The first-order chi connectivity index (χ1) is 15.3. The molecule has 0 amide bonds. The number of carbonyl (C=O) groups excluding carboxylic acids is 1. The molecule has 0 N–H and O–H groups in total. The quantitative estimate of drug-likeness (QED) is 0.335. The summed E-state index contributed by atoms with van der Waals surface area (Å²) in [5.41, 5.74) is 1.09. The Labute approximate surface area is 184 Å². The fourth-order valence-electron chi connectivity index (χ4n) is 4.10. The molecule has 154 valence electrons. The van der Waals surface area contributed by atoms with Crippen molar-refractivity contribution in [2.75, 3.05) is 7.11 Å². The van der Waals surface area contributed by atoms with Crippen molar-refractivity contribution in [3.8, 4) is 0 Å². The summed E-state index contributed by atoms with van der Waals surface area (Å²) < 4.78 is 5.41. The van der Waals surface area contributed by atoms with Gasteiger partial charge in [0.1, 0.15) is 0 Å². The van der Waals surface area contributed by atoms with E-state index in [1.165, 1.54) is 7.11 Å². The number of carbonyl (C=O) groups is 1. The van der Waals surface area contributed by atoms with Gasteiger partial charge in [0.25, 0.3) is 0 Å². The van der Waals surface area contributed by atoms with Gasteiger partial charge >= 0.3 is 5.97 Å². The van der Waals surface area contributed by atoms with E-state index >= 15 is 0 Å². The lowest BCUT2D eigenvalue weighted by atomic mass is 10.1. The molecule has 4 aromatic carbocycles. The normalized spacial score (nSPS) is 11.0. The molecule has 4 aromatic rings. The van der Waals surface area contributed by atoms with E-state index in [0.717, 1.165) is 26.8 Å². The van der Waals surface area contributed by atoms with Crippen molar-refractivity contribution in [3.05, 3.63) is 127 Å². The molecule has 0 radical (unpaired) electrons. The standard InChI is InChI=1S/C28H25O2P/c1-30-28(29)27(22-23-14-6-2-7-15-23)31(24-16-8-3-9-17-24,25-18-10-4-11-19-25)26-20-12-5-13-21-26/h2-21H,22H2,1H3. The summed E-state index contributed by atoms with van der Waals surface area (Å²) in [6.45, 7) is -2.46. The second kappa shape index (κ2) is 9.64. The Bertz CT molecular complexity index is 1080. The van der Waals surface area contributed by atoms with Gasteiger partial charge in [-0.25, -0.2) is 4.79 Å². The van der Waals surface area contributed by atoms with Crippen LogP contribution in [0, 0.1) is 0 Å². The molecule has 31 heavy (non-hydrogen) atoms. The van der Waals surface area contributed by atoms with Gasteiger partial charge in [0, 0.05) is 6.42 Å². The smallest absolute Gasteiger partial charge is 0.335 e. The van der Waals surface area contributed by atoms with Gasteiger partial charge in [-0.1, -0.05) is 121 Å². The summed E-state index contributed by atoms with van der Waals surface area (Å²) in [6, 6.07) is 41.3. The Morgan fingerprint density at radius 2 is 0.968 bits per heavy atom. The van der Waals surface area contributed by atoms with Gasteiger partial charge in [0.2, 0.25) is 0 Å². The number of ether oxygens (including phenoxy) is 1. The van der Waals surface area contributed by atoms with Gasteiger partial charge in [-0.2, -0.15) is 0 Å². The minimum atomic E-state index is -2.46. The van der Waals surface area contributed by atoms with E-state index in [4.69, 9.17) is 4.74 Å². The molecular formula is C28H25O2P. The molecule has 2 nitrogen and oxygen atoms in total. The zero-order valence-electron chi connectivity index (χ0n) is 17.5. The lowest BCUT2D eigenvalue weighted by molar-refractivity contribution is -0.132. The van der Waals surface area contributed by atoms with Crippen molar-refractivity contribution in [1.29, 1.82) is 0 Å². The van der Waals surface area contributed by atoms with Gasteiger partial charge in [0.05, 0.1) is 12.4 Å². The molecule has 0 bridgehead atoms. The number of rotatable bonds is 6. The number of methoxy groups -OCH3 is 1. The van der Waals surface area contributed by atoms with Crippen LogP contribution in [-0.4, -0.2) is 18.4 Å². The lowest BCUT2D eigenvalue weighted by Crippen LogP contribution is -2.35. The molecule has 0 aliphatic rings. The van der Waals surface area contributed by atoms with Gasteiger partial charge in [-0.3, -0.25) is 0 Å². The van der Waals surface area contributed by atoms with Gasteiger partial charge in [-0.15, -0.1) is 0 Å². The summed E-state index contributed by atoms with van der Waals surface area (Å²) >= 11 is 0. The first-order valence-corrected chi connectivity index (χ1v) is 12.1. The molecule has 0 saturated carbocycles. The number of esters is 1. The predicted octanol–water partition coefficient (Wildman–Crippen LogP) is 4.57. The molecule has 0 aromatic heterocycles. The van der Waals surface area contributed by atoms with Crippen LogP contribution >= 0.6 is 6.89 Å². The lowest BCUT2D eigenvalue weighted by Gasteiger charge is -2.32. The summed E-state index contributed by atoms with van der Waals surface area (Å²) in [5.74, 6) is -0.256. The average Bonchev–Trinajstić information content (AvgIpc) is 2.86. The zero-order valence-corrected chi connectivity index (χ0v) is 18.4. The Balaban J connectivity index is 2.20. The van der Waals surface area contributed by atoms with Gasteiger partial charge in [0.15, 0.2) is 0 Å². The summed E-state index contributed by atoms with van der Waals surface area (Å²) in [5, 5.41) is 4.22. The first-order valence-electron chi connectivity index (χ1n) is 10.3. The number of hydrogen-bond acceptors (Lipinski definition) is 2. The van der Waals surface area contributed by atoms with E-state index in [2.05, 4.69) is 48.5 Å². The number of hydrogen-bond donors (Lipinski definition) is 0. The zero-order chi connectivity index (χ0) is 21.5. The summed E-state index contributed by atoms with van der Waals surface area (Å²) in [4.78, 5) is 13.5. The second-order valence-electron chi connectivity index (χ2n) is 7.28. The third-order valence-electron chi connectivity index (χ3n) is 5.47. The minimum absolute atomic E-state index is 0.256. The highest BCUT2D eigenvalue weighted by Crippen LogP contribution is 2.47. The van der Waals surface area contributed by atoms with Gasteiger partial charge in [-0.05, 0) is 28.4 Å². The third kappa shape index (κ3) is 4.13. The molecule has 0 heterocycles. The topological polar surface area (TPSA) is 26.3 Å². The van der Waals surface area contributed by atoms with Crippen molar-refractivity contribution in [3.63, 3.8) is 0 Å². The van der Waals surface area contributed by atoms with E-state index in [-0.39, 0.29) is 5.97 Å². The molecule has 3 heteroatoms. The molecule has 0 atom stereocenters. The highest BCUT2D eigenvalue weighted by molar-refractivity contribution is 7.96. The highest BCUT2D eigenvalue weighted by Gasteiger charge is 2.33. The van der Waals surface area contributed by atoms with Crippen molar-refractivity contribution in [1.82, 2.24) is 0 Å². The molecule has 0 fully saturated rings. The molecule has 0 unspecified atom stereocenters. The Kier molecular flexibility index (Phi) is 6.50. The number of benzene rings is 4. The van der Waals surface area contributed by atoms with Crippen LogP contribution in [0.1, 0.15) is 5.56 Å². The van der Waals surface area contributed by atoms with E-state index < -0.39 is 6.89 Å². The van der Waals surface area contributed by atoms with Crippen LogP contribution in [0.3, 0.4) is 0 Å². The molecular weight excluding hydrogens is 399 g/mol. The highest BCUT2D eigenvalue weighted by atomic mass is 31.2. The fourth-order valence-corrected chi connectivity index (χ4v) is 8.58. The molecule has 0 saturated heterocycles. The van der Waals surface area contributed by atoms with Crippen LogP contribution in [-0.2, 0) is 16.0 Å². The second-order valence-corrected chi connectivity index (χ2v) is 10.7. The fraction of sp³-hybridized carbons (Fsp3) is 0.0714.